The van der Waals surface area contributed by atoms with E-state index >= 15 is 0 Å². The van der Waals surface area contributed by atoms with Crippen LogP contribution < -0.4 is 10.6 Å². The molecular weight excluding hydrogens is 276 g/mol. The van der Waals surface area contributed by atoms with E-state index in [1.165, 1.54) is 0 Å². The number of hydrogen-bond donors (Lipinski definition) is 2. The Balaban J connectivity index is 1.68. The summed E-state index contributed by atoms with van der Waals surface area (Å²) in [6, 6.07) is 7.61. The van der Waals surface area contributed by atoms with Gasteiger partial charge < -0.3 is 10.6 Å². The predicted molar refractivity (Wildman–Crippen MR) is 78.6 cm³/mol. The Morgan fingerprint density at radius 2 is 1.75 bits per heavy atom. The molecule has 0 aliphatic heterocycles. The first-order valence-corrected chi connectivity index (χ1v) is 7.36. The van der Waals surface area contributed by atoms with Gasteiger partial charge >= 0.3 is 11.8 Å². The second kappa shape index (κ2) is 7.29. The Hall–Kier alpha value is -1.55. The van der Waals surface area contributed by atoms with Gasteiger partial charge in [-0.05, 0) is 37.0 Å². The molecule has 1 aromatic carbocycles. The molecule has 0 radical (unpaired) electrons. The molecular formula is C15H19ClN2O2. The van der Waals surface area contributed by atoms with E-state index in [1.807, 2.05) is 24.3 Å². The molecule has 4 nitrogen and oxygen atoms in total. The largest absolute Gasteiger partial charge is 0.348 e. The van der Waals surface area contributed by atoms with Crippen LogP contribution >= 0.6 is 11.6 Å². The summed E-state index contributed by atoms with van der Waals surface area (Å²) >= 11 is 5.80. The third kappa shape index (κ3) is 4.53. The molecule has 0 saturated heterocycles. The van der Waals surface area contributed by atoms with E-state index in [2.05, 4.69) is 10.6 Å². The van der Waals surface area contributed by atoms with Crippen molar-refractivity contribution in [3.05, 3.63) is 34.9 Å². The average Bonchev–Trinajstić information content (AvgIpc) is 2.93. The Morgan fingerprint density at radius 3 is 2.40 bits per heavy atom. The summed E-state index contributed by atoms with van der Waals surface area (Å²) in [4.78, 5) is 23.3. The fourth-order valence-corrected chi connectivity index (χ4v) is 2.50. The summed E-state index contributed by atoms with van der Waals surface area (Å²) in [6.07, 6.45) is 4.89. The minimum Gasteiger partial charge on any atom is -0.348 e. The number of halogens is 1. The van der Waals surface area contributed by atoms with Gasteiger partial charge in [-0.2, -0.15) is 0 Å². The zero-order chi connectivity index (χ0) is 14.4. The highest BCUT2D eigenvalue weighted by Crippen LogP contribution is 2.17. The van der Waals surface area contributed by atoms with Crippen LogP contribution in [0.4, 0.5) is 0 Å². The molecule has 0 spiro atoms. The Morgan fingerprint density at radius 1 is 1.10 bits per heavy atom. The number of rotatable bonds is 4. The Kier molecular flexibility index (Phi) is 5.41. The van der Waals surface area contributed by atoms with Gasteiger partial charge in [0, 0.05) is 17.6 Å². The summed E-state index contributed by atoms with van der Waals surface area (Å²) < 4.78 is 0. The van der Waals surface area contributed by atoms with E-state index < -0.39 is 11.8 Å². The maximum Gasteiger partial charge on any atom is 0.309 e. The van der Waals surface area contributed by atoms with Crippen LogP contribution in [0.3, 0.4) is 0 Å². The Labute approximate surface area is 123 Å². The molecule has 108 valence electrons. The molecule has 0 bridgehead atoms. The van der Waals surface area contributed by atoms with Crippen LogP contribution in [-0.4, -0.2) is 24.4 Å². The van der Waals surface area contributed by atoms with Crippen molar-refractivity contribution in [2.75, 3.05) is 6.54 Å². The minimum atomic E-state index is -0.550. The van der Waals surface area contributed by atoms with Crippen LogP contribution in [0.2, 0.25) is 5.02 Å². The zero-order valence-corrected chi connectivity index (χ0v) is 12.1. The van der Waals surface area contributed by atoms with Crippen LogP contribution in [0.15, 0.2) is 24.3 Å². The van der Waals surface area contributed by atoms with Gasteiger partial charge in [0.2, 0.25) is 0 Å². The zero-order valence-electron chi connectivity index (χ0n) is 11.3. The second-order valence-corrected chi connectivity index (χ2v) is 5.52. The molecule has 1 aliphatic rings. The topological polar surface area (TPSA) is 58.2 Å². The smallest absolute Gasteiger partial charge is 0.309 e. The van der Waals surface area contributed by atoms with Crippen LogP contribution in [-0.2, 0) is 16.0 Å². The standard InChI is InChI=1S/C15H19ClN2O2/c16-12-7-5-11(6-8-12)9-10-17-14(19)15(20)18-13-3-1-2-4-13/h5-8,13H,1-4,9-10H2,(H,17,19)(H,18,20). The van der Waals surface area contributed by atoms with Gasteiger partial charge in [0.15, 0.2) is 0 Å². The van der Waals surface area contributed by atoms with Crippen molar-refractivity contribution in [2.45, 2.75) is 38.1 Å². The molecule has 1 saturated carbocycles. The van der Waals surface area contributed by atoms with Crippen molar-refractivity contribution >= 4 is 23.4 Å². The molecule has 2 N–H and O–H groups in total. The van der Waals surface area contributed by atoms with E-state index in [1.54, 1.807) is 0 Å². The van der Waals surface area contributed by atoms with Crippen LogP contribution in [0, 0.1) is 0 Å². The molecule has 1 fully saturated rings. The van der Waals surface area contributed by atoms with Crippen molar-refractivity contribution < 1.29 is 9.59 Å². The van der Waals surface area contributed by atoms with Crippen LogP contribution in [0.25, 0.3) is 0 Å². The Bertz CT molecular complexity index is 467. The number of hydrogen-bond acceptors (Lipinski definition) is 2. The van der Waals surface area contributed by atoms with Gasteiger partial charge in [0.25, 0.3) is 0 Å². The molecule has 0 heterocycles. The van der Waals surface area contributed by atoms with E-state index in [9.17, 15) is 9.59 Å². The van der Waals surface area contributed by atoms with Crippen molar-refractivity contribution in [1.82, 2.24) is 10.6 Å². The average molecular weight is 295 g/mol. The van der Waals surface area contributed by atoms with E-state index in [0.29, 0.717) is 18.0 Å². The van der Waals surface area contributed by atoms with Crippen molar-refractivity contribution in [3.63, 3.8) is 0 Å². The van der Waals surface area contributed by atoms with Gasteiger partial charge in [-0.15, -0.1) is 0 Å². The van der Waals surface area contributed by atoms with E-state index in [4.69, 9.17) is 11.6 Å². The maximum atomic E-state index is 11.6. The molecule has 0 aromatic heterocycles. The number of benzene rings is 1. The van der Waals surface area contributed by atoms with Gasteiger partial charge in [-0.3, -0.25) is 9.59 Å². The van der Waals surface area contributed by atoms with Crippen molar-refractivity contribution in [3.8, 4) is 0 Å². The molecule has 1 aliphatic carbocycles. The molecule has 5 heteroatoms. The van der Waals surface area contributed by atoms with E-state index in [0.717, 1.165) is 31.2 Å². The first kappa shape index (κ1) is 14.9. The summed E-state index contributed by atoms with van der Waals surface area (Å²) in [7, 11) is 0. The van der Waals surface area contributed by atoms with Crippen LogP contribution in [0.5, 0.6) is 0 Å². The minimum absolute atomic E-state index is 0.171. The summed E-state index contributed by atoms with van der Waals surface area (Å²) in [5.41, 5.74) is 1.07. The third-order valence-electron chi connectivity index (χ3n) is 3.51. The number of carbonyl (C=O) groups excluding carboxylic acids is 2. The molecule has 1 aromatic rings. The van der Waals surface area contributed by atoms with Crippen LogP contribution in [0.1, 0.15) is 31.2 Å². The summed E-state index contributed by atoms with van der Waals surface area (Å²) in [6.45, 7) is 0.443. The fourth-order valence-electron chi connectivity index (χ4n) is 2.37. The highest BCUT2D eigenvalue weighted by Gasteiger charge is 2.20. The SMILES string of the molecule is O=C(NCCc1ccc(Cl)cc1)C(=O)NC1CCCC1. The fraction of sp³-hybridized carbons (Fsp3) is 0.467. The summed E-state index contributed by atoms with van der Waals surface area (Å²) in [5, 5.41) is 6.09. The monoisotopic (exact) mass is 294 g/mol. The molecule has 0 atom stereocenters. The van der Waals surface area contributed by atoms with Gasteiger partial charge in [-0.1, -0.05) is 36.6 Å². The van der Waals surface area contributed by atoms with Gasteiger partial charge in [0.1, 0.15) is 0 Å². The lowest BCUT2D eigenvalue weighted by Crippen LogP contribution is -2.44. The summed E-state index contributed by atoms with van der Waals surface area (Å²) in [5.74, 6) is -1.07. The molecule has 2 amide bonds. The lowest BCUT2D eigenvalue weighted by atomic mass is 10.1. The van der Waals surface area contributed by atoms with E-state index in [-0.39, 0.29) is 6.04 Å². The number of carbonyl (C=O) groups is 2. The lowest BCUT2D eigenvalue weighted by Gasteiger charge is -2.11. The lowest BCUT2D eigenvalue weighted by molar-refractivity contribution is -0.139. The van der Waals surface area contributed by atoms with Crippen molar-refractivity contribution in [1.29, 1.82) is 0 Å². The second-order valence-electron chi connectivity index (χ2n) is 5.09. The molecule has 20 heavy (non-hydrogen) atoms. The maximum absolute atomic E-state index is 11.6. The first-order chi connectivity index (χ1) is 9.65. The molecule has 0 unspecified atom stereocenters. The number of amides is 2. The van der Waals surface area contributed by atoms with Crippen molar-refractivity contribution in [2.24, 2.45) is 0 Å². The predicted octanol–water partition coefficient (Wildman–Crippen LogP) is 2.06. The first-order valence-electron chi connectivity index (χ1n) is 6.98. The molecule has 2 rings (SSSR count). The number of nitrogens with one attached hydrogen (secondary N) is 2. The van der Waals surface area contributed by atoms with Gasteiger partial charge in [0.05, 0.1) is 0 Å². The normalized spacial score (nSPS) is 15.1. The highest BCUT2D eigenvalue weighted by molar-refractivity contribution is 6.35. The quantitative estimate of drug-likeness (QED) is 0.835. The van der Waals surface area contributed by atoms with Gasteiger partial charge in [-0.25, -0.2) is 0 Å². The highest BCUT2D eigenvalue weighted by atomic mass is 35.5. The third-order valence-corrected chi connectivity index (χ3v) is 3.76.